The van der Waals surface area contributed by atoms with Gasteiger partial charge in [0.05, 0.1) is 16.6 Å². The van der Waals surface area contributed by atoms with Gasteiger partial charge in [-0.05, 0) is 12.1 Å². The van der Waals surface area contributed by atoms with Crippen molar-refractivity contribution < 1.29 is 9.84 Å². The monoisotopic (exact) mass is 293 g/mol. The Balaban J connectivity index is 2.99. The van der Waals surface area contributed by atoms with Crippen LogP contribution in [0.3, 0.4) is 0 Å². The number of nitrogens with two attached hydrogens (primary N) is 1. The van der Waals surface area contributed by atoms with Gasteiger partial charge in [0.15, 0.2) is 5.41 Å². The van der Waals surface area contributed by atoms with Crippen LogP contribution in [0.2, 0.25) is 29.7 Å². The molecule has 0 aliphatic heterocycles. The van der Waals surface area contributed by atoms with Gasteiger partial charge in [-0.2, -0.15) is 0 Å². The molecular weight excluding hydrogens is 277 g/mol. The van der Waals surface area contributed by atoms with E-state index in [1.807, 2.05) is 19.6 Å². The van der Waals surface area contributed by atoms with Gasteiger partial charge >= 0.3 is 0 Å². The molecule has 0 saturated carbocycles. The SMILES string of the molecule is C[Si](C)(C)[C@@](O)(CN)Oc1ccc(Cl)c(Cl)c1. The van der Waals surface area contributed by atoms with Gasteiger partial charge < -0.3 is 15.6 Å². The molecule has 0 heterocycles. The Morgan fingerprint density at radius 1 is 1.29 bits per heavy atom. The largest absolute Gasteiger partial charge is 0.465 e. The number of ether oxygens (including phenoxy) is 1. The fourth-order valence-corrected chi connectivity index (χ4v) is 2.56. The molecule has 0 spiro atoms. The van der Waals surface area contributed by atoms with Gasteiger partial charge in [0, 0.05) is 6.07 Å². The zero-order valence-corrected chi connectivity index (χ0v) is 12.6. The Morgan fingerprint density at radius 3 is 2.29 bits per heavy atom. The average Bonchev–Trinajstić information content (AvgIpc) is 2.22. The molecule has 0 aliphatic rings. The highest BCUT2D eigenvalue weighted by Gasteiger charge is 2.43. The molecule has 1 atom stereocenters. The molecule has 1 aromatic rings. The minimum absolute atomic E-state index is 0.0446. The fraction of sp³-hybridized carbons (Fsp3) is 0.455. The van der Waals surface area contributed by atoms with E-state index in [2.05, 4.69) is 0 Å². The molecular formula is C11H17Cl2NO2Si. The van der Waals surface area contributed by atoms with Crippen LogP contribution in [-0.2, 0) is 0 Å². The van der Waals surface area contributed by atoms with Crippen molar-refractivity contribution in [2.45, 2.75) is 25.1 Å². The van der Waals surface area contributed by atoms with Crippen molar-refractivity contribution in [3.05, 3.63) is 28.2 Å². The van der Waals surface area contributed by atoms with Gasteiger partial charge in [0.25, 0.3) is 0 Å². The summed E-state index contributed by atoms with van der Waals surface area (Å²) in [5.41, 5.74) is 4.29. The molecule has 96 valence electrons. The number of aliphatic hydroxyl groups is 1. The second-order valence-electron chi connectivity index (χ2n) is 4.92. The van der Waals surface area contributed by atoms with Crippen LogP contribution in [0.1, 0.15) is 0 Å². The maximum atomic E-state index is 10.4. The molecule has 17 heavy (non-hydrogen) atoms. The summed E-state index contributed by atoms with van der Waals surface area (Å²) in [5, 5.41) is 11.2. The van der Waals surface area contributed by atoms with E-state index in [0.717, 1.165) is 0 Å². The van der Waals surface area contributed by atoms with Crippen LogP contribution in [0.5, 0.6) is 5.75 Å². The summed E-state index contributed by atoms with van der Waals surface area (Å²) in [6.45, 7) is 6.00. The van der Waals surface area contributed by atoms with Crippen molar-refractivity contribution in [2.24, 2.45) is 5.73 Å². The first-order chi connectivity index (χ1) is 7.69. The lowest BCUT2D eigenvalue weighted by Crippen LogP contribution is -2.61. The molecule has 0 bridgehead atoms. The second kappa shape index (κ2) is 5.16. The van der Waals surface area contributed by atoms with Crippen LogP contribution in [-0.4, -0.2) is 25.1 Å². The molecule has 0 aromatic heterocycles. The predicted molar refractivity (Wildman–Crippen MR) is 74.4 cm³/mol. The molecule has 3 nitrogen and oxygen atoms in total. The molecule has 0 fully saturated rings. The normalized spacial score (nSPS) is 15.5. The van der Waals surface area contributed by atoms with Gasteiger partial charge in [-0.3, -0.25) is 0 Å². The number of benzene rings is 1. The van der Waals surface area contributed by atoms with Crippen molar-refractivity contribution in [1.29, 1.82) is 0 Å². The Morgan fingerprint density at radius 2 is 1.88 bits per heavy atom. The first kappa shape index (κ1) is 14.8. The topological polar surface area (TPSA) is 55.5 Å². The first-order valence-corrected chi connectivity index (χ1v) is 9.52. The van der Waals surface area contributed by atoms with E-state index in [4.69, 9.17) is 33.7 Å². The van der Waals surface area contributed by atoms with Crippen molar-refractivity contribution in [3.63, 3.8) is 0 Å². The van der Waals surface area contributed by atoms with Crippen molar-refractivity contribution >= 4 is 31.3 Å². The van der Waals surface area contributed by atoms with E-state index >= 15 is 0 Å². The highest BCUT2D eigenvalue weighted by atomic mass is 35.5. The van der Waals surface area contributed by atoms with Crippen LogP contribution in [0.15, 0.2) is 18.2 Å². The summed E-state index contributed by atoms with van der Waals surface area (Å²) < 4.78 is 5.60. The lowest BCUT2D eigenvalue weighted by molar-refractivity contribution is -0.0637. The Bertz CT molecular complexity index is 409. The van der Waals surface area contributed by atoms with Crippen LogP contribution in [0.25, 0.3) is 0 Å². The number of hydrogen-bond donors (Lipinski definition) is 2. The summed E-state index contributed by atoms with van der Waals surface area (Å²) in [5.74, 6) is 0.467. The minimum atomic E-state index is -1.99. The van der Waals surface area contributed by atoms with Crippen LogP contribution >= 0.6 is 23.2 Å². The first-order valence-electron chi connectivity index (χ1n) is 5.26. The van der Waals surface area contributed by atoms with Crippen LogP contribution in [0, 0.1) is 0 Å². The zero-order chi connectivity index (χ0) is 13.3. The van der Waals surface area contributed by atoms with Crippen LogP contribution in [0.4, 0.5) is 0 Å². The third-order valence-electron chi connectivity index (χ3n) is 2.63. The van der Waals surface area contributed by atoms with E-state index in [1.54, 1.807) is 18.2 Å². The summed E-state index contributed by atoms with van der Waals surface area (Å²) in [4.78, 5) is 0. The van der Waals surface area contributed by atoms with Crippen molar-refractivity contribution in [2.75, 3.05) is 6.54 Å². The smallest absolute Gasteiger partial charge is 0.199 e. The summed E-state index contributed by atoms with van der Waals surface area (Å²) in [7, 11) is -1.99. The summed E-state index contributed by atoms with van der Waals surface area (Å²) >= 11 is 11.7. The summed E-state index contributed by atoms with van der Waals surface area (Å²) in [6, 6.07) is 4.86. The van der Waals surface area contributed by atoms with E-state index in [1.165, 1.54) is 0 Å². The Kier molecular flexibility index (Phi) is 4.49. The van der Waals surface area contributed by atoms with E-state index < -0.39 is 13.5 Å². The third kappa shape index (κ3) is 3.36. The fourth-order valence-electron chi connectivity index (χ4n) is 1.24. The maximum Gasteiger partial charge on any atom is 0.199 e. The van der Waals surface area contributed by atoms with Gasteiger partial charge in [-0.25, -0.2) is 0 Å². The van der Waals surface area contributed by atoms with Crippen molar-refractivity contribution in [3.8, 4) is 5.75 Å². The van der Waals surface area contributed by atoms with E-state index in [-0.39, 0.29) is 6.54 Å². The molecule has 1 rings (SSSR count). The highest BCUT2D eigenvalue weighted by molar-refractivity contribution is 6.78. The number of rotatable bonds is 4. The molecule has 3 N–H and O–H groups in total. The van der Waals surface area contributed by atoms with E-state index in [9.17, 15) is 5.11 Å². The van der Waals surface area contributed by atoms with Crippen molar-refractivity contribution in [1.82, 2.24) is 0 Å². The second-order valence-corrected chi connectivity index (χ2v) is 11.0. The lowest BCUT2D eigenvalue weighted by Gasteiger charge is -2.37. The Labute approximate surface area is 112 Å². The summed E-state index contributed by atoms with van der Waals surface area (Å²) in [6.07, 6.45) is 0. The molecule has 0 aliphatic carbocycles. The highest BCUT2D eigenvalue weighted by Crippen LogP contribution is 2.30. The molecule has 0 unspecified atom stereocenters. The Hall–Kier alpha value is -0.263. The van der Waals surface area contributed by atoms with Gasteiger partial charge in [-0.15, -0.1) is 0 Å². The van der Waals surface area contributed by atoms with E-state index in [0.29, 0.717) is 15.8 Å². The number of halogens is 2. The lowest BCUT2D eigenvalue weighted by atomic mass is 10.3. The standard InChI is InChI=1S/C11H17Cl2NO2Si/c1-17(2,3)11(15,7-14)16-8-4-5-9(12)10(13)6-8/h4-6,15H,7,14H2,1-3H3/t11-/m1/s1. The quantitative estimate of drug-likeness (QED) is 0.663. The molecule has 1 aromatic carbocycles. The molecule has 0 amide bonds. The molecule has 6 heteroatoms. The molecule has 0 saturated heterocycles. The van der Waals surface area contributed by atoms with Gasteiger partial charge in [0.1, 0.15) is 13.8 Å². The maximum absolute atomic E-state index is 10.4. The zero-order valence-electron chi connectivity index (χ0n) is 10.1. The van der Waals surface area contributed by atoms with Gasteiger partial charge in [-0.1, -0.05) is 42.8 Å². The minimum Gasteiger partial charge on any atom is -0.465 e. The van der Waals surface area contributed by atoms with Crippen LogP contribution < -0.4 is 10.5 Å². The number of hydrogen-bond acceptors (Lipinski definition) is 3. The average molecular weight is 294 g/mol. The van der Waals surface area contributed by atoms with Gasteiger partial charge in [0.2, 0.25) is 0 Å². The molecule has 0 radical (unpaired) electrons. The third-order valence-corrected chi connectivity index (χ3v) is 6.02. The predicted octanol–water partition coefficient (Wildman–Crippen LogP) is 2.90.